The Morgan fingerprint density at radius 3 is 2.58 bits per heavy atom. The lowest BCUT2D eigenvalue weighted by molar-refractivity contribution is 0.0596. The molecule has 26 heavy (non-hydrogen) atoms. The number of esters is 1. The first kappa shape index (κ1) is 17.5. The number of nitrogens with zero attached hydrogens (tertiary/aromatic N) is 2. The minimum Gasteiger partial charge on any atom is -0.480 e. The highest BCUT2D eigenvalue weighted by atomic mass is 16.5. The summed E-state index contributed by atoms with van der Waals surface area (Å²) in [7, 11) is 2.76. The number of nitrogens with one attached hydrogen (secondary N) is 1. The fraction of sp³-hybridized carbons (Fsp3) is 0.211. The average molecular weight is 353 g/mol. The van der Waals surface area contributed by atoms with Crippen molar-refractivity contribution in [1.82, 2.24) is 9.97 Å². The third-order valence-corrected chi connectivity index (χ3v) is 3.76. The van der Waals surface area contributed by atoms with Crippen LogP contribution in [0, 0.1) is 6.92 Å². The maximum absolute atomic E-state index is 11.7. The van der Waals surface area contributed by atoms with Gasteiger partial charge < -0.3 is 19.2 Å². The van der Waals surface area contributed by atoms with E-state index in [4.69, 9.17) is 13.9 Å². The highest BCUT2D eigenvalue weighted by Gasteiger charge is 2.15. The van der Waals surface area contributed by atoms with Crippen LogP contribution >= 0.6 is 0 Å². The van der Waals surface area contributed by atoms with E-state index in [1.54, 1.807) is 18.4 Å². The van der Waals surface area contributed by atoms with Gasteiger partial charge in [-0.05, 0) is 31.2 Å². The van der Waals surface area contributed by atoms with Gasteiger partial charge in [0.2, 0.25) is 11.8 Å². The van der Waals surface area contributed by atoms with Crippen molar-refractivity contribution in [2.24, 2.45) is 0 Å². The molecule has 0 amide bonds. The minimum atomic E-state index is -0.500. The number of benzene rings is 1. The Hall–Kier alpha value is -3.35. The van der Waals surface area contributed by atoms with Crippen molar-refractivity contribution in [3.63, 3.8) is 0 Å². The maximum Gasteiger partial charge on any atom is 0.343 e. The number of rotatable bonds is 6. The normalized spacial score (nSPS) is 10.4. The summed E-state index contributed by atoms with van der Waals surface area (Å²) in [5.41, 5.74) is 3.10. The van der Waals surface area contributed by atoms with Crippen LogP contribution < -0.4 is 10.1 Å². The van der Waals surface area contributed by atoms with Crippen LogP contribution in [0.4, 0.5) is 5.82 Å². The molecule has 0 saturated heterocycles. The Labute approximate surface area is 151 Å². The largest absolute Gasteiger partial charge is 0.480 e. The van der Waals surface area contributed by atoms with E-state index < -0.39 is 5.97 Å². The number of ether oxygens (including phenoxy) is 2. The zero-order valence-electron chi connectivity index (χ0n) is 14.8. The van der Waals surface area contributed by atoms with Crippen molar-refractivity contribution < 1.29 is 18.7 Å². The molecule has 7 nitrogen and oxygen atoms in total. The van der Waals surface area contributed by atoms with Gasteiger partial charge in [0.15, 0.2) is 0 Å². The van der Waals surface area contributed by atoms with Gasteiger partial charge >= 0.3 is 5.97 Å². The van der Waals surface area contributed by atoms with E-state index >= 15 is 0 Å². The molecule has 0 saturated carbocycles. The summed E-state index contributed by atoms with van der Waals surface area (Å²) in [6.45, 7) is 2.45. The van der Waals surface area contributed by atoms with Gasteiger partial charge in [-0.3, -0.25) is 0 Å². The predicted molar refractivity (Wildman–Crippen MR) is 96.1 cm³/mol. The van der Waals surface area contributed by atoms with Crippen LogP contribution in [0.3, 0.4) is 0 Å². The molecule has 0 aliphatic heterocycles. The summed E-state index contributed by atoms with van der Waals surface area (Å²) < 4.78 is 15.4. The number of oxazole rings is 1. The van der Waals surface area contributed by atoms with Gasteiger partial charge in [0.05, 0.1) is 26.5 Å². The Bertz CT molecular complexity index is 903. The van der Waals surface area contributed by atoms with Gasteiger partial charge in [-0.1, -0.05) is 17.7 Å². The number of hydrogen-bond donors (Lipinski definition) is 1. The summed E-state index contributed by atoms with van der Waals surface area (Å²) in [6, 6.07) is 11.2. The molecule has 0 spiro atoms. The molecule has 0 radical (unpaired) electrons. The summed E-state index contributed by atoms with van der Waals surface area (Å²) in [4.78, 5) is 20.4. The summed E-state index contributed by atoms with van der Waals surface area (Å²) in [5.74, 6) is 0.810. The molecule has 2 aromatic heterocycles. The second kappa shape index (κ2) is 7.69. The molecule has 0 atom stereocenters. The van der Waals surface area contributed by atoms with Crippen molar-refractivity contribution in [2.75, 3.05) is 19.5 Å². The molecule has 1 aromatic carbocycles. The number of methoxy groups -OCH3 is 2. The van der Waals surface area contributed by atoms with Crippen LogP contribution in [0.15, 0.2) is 47.1 Å². The molecule has 3 aromatic rings. The predicted octanol–water partition coefficient (Wildman–Crippen LogP) is 3.45. The van der Waals surface area contributed by atoms with E-state index in [9.17, 15) is 4.79 Å². The van der Waals surface area contributed by atoms with Crippen molar-refractivity contribution in [1.29, 1.82) is 0 Å². The number of anilines is 1. The van der Waals surface area contributed by atoms with E-state index in [1.165, 1.54) is 19.8 Å². The molecule has 3 rings (SSSR count). The minimum absolute atomic E-state index is 0.197. The van der Waals surface area contributed by atoms with E-state index in [0.29, 0.717) is 18.3 Å². The fourth-order valence-corrected chi connectivity index (χ4v) is 2.36. The zero-order chi connectivity index (χ0) is 18.5. The molecule has 2 heterocycles. The topological polar surface area (TPSA) is 86.5 Å². The molecule has 0 aliphatic rings. The van der Waals surface area contributed by atoms with Crippen LogP contribution in [-0.4, -0.2) is 30.2 Å². The summed E-state index contributed by atoms with van der Waals surface area (Å²) in [6.07, 6.45) is 1.60. The second-order valence-electron chi connectivity index (χ2n) is 5.61. The quantitative estimate of drug-likeness (QED) is 0.679. The zero-order valence-corrected chi connectivity index (χ0v) is 14.8. The van der Waals surface area contributed by atoms with Gasteiger partial charge in [0.25, 0.3) is 0 Å². The summed E-state index contributed by atoms with van der Waals surface area (Å²) in [5, 5.41) is 3.13. The van der Waals surface area contributed by atoms with Crippen molar-refractivity contribution in [2.45, 2.75) is 13.5 Å². The standard InChI is InChI=1S/C19H19N3O4/c1-12-4-6-13(7-5-12)17-21-14(11-26-17)10-20-16-9-8-15(19(23)25-3)18(22-16)24-2/h4-9,11H,10H2,1-3H3,(H,20,22). The molecule has 0 unspecified atom stereocenters. The van der Waals surface area contributed by atoms with Gasteiger partial charge in [-0.2, -0.15) is 4.98 Å². The van der Waals surface area contributed by atoms with Crippen molar-refractivity contribution in [3.8, 4) is 17.3 Å². The monoisotopic (exact) mass is 353 g/mol. The number of aryl methyl sites for hydroxylation is 1. The molecular weight excluding hydrogens is 334 g/mol. The van der Waals surface area contributed by atoms with E-state index in [-0.39, 0.29) is 11.4 Å². The number of carbonyl (C=O) groups excluding carboxylic acids is 1. The van der Waals surface area contributed by atoms with Crippen LogP contribution in [0.2, 0.25) is 0 Å². The first-order valence-electron chi connectivity index (χ1n) is 7.99. The second-order valence-corrected chi connectivity index (χ2v) is 5.61. The number of hydrogen-bond acceptors (Lipinski definition) is 7. The Morgan fingerprint density at radius 1 is 1.12 bits per heavy atom. The molecule has 7 heteroatoms. The smallest absolute Gasteiger partial charge is 0.343 e. The Balaban J connectivity index is 1.69. The molecule has 0 aliphatic carbocycles. The molecular formula is C19H19N3O4. The lowest BCUT2D eigenvalue weighted by Gasteiger charge is -2.09. The third kappa shape index (κ3) is 3.83. The highest BCUT2D eigenvalue weighted by molar-refractivity contribution is 5.92. The maximum atomic E-state index is 11.7. The highest BCUT2D eigenvalue weighted by Crippen LogP contribution is 2.21. The van der Waals surface area contributed by atoms with Crippen molar-refractivity contribution in [3.05, 3.63) is 59.5 Å². The van der Waals surface area contributed by atoms with Crippen LogP contribution in [0.5, 0.6) is 5.88 Å². The lowest BCUT2D eigenvalue weighted by Crippen LogP contribution is -2.08. The van der Waals surface area contributed by atoms with Crippen molar-refractivity contribution >= 4 is 11.8 Å². The van der Waals surface area contributed by atoms with Gasteiger partial charge in [-0.15, -0.1) is 0 Å². The van der Waals surface area contributed by atoms with Gasteiger partial charge in [0, 0.05) is 5.56 Å². The van der Waals surface area contributed by atoms with Crippen LogP contribution in [0.1, 0.15) is 21.6 Å². The SMILES string of the molecule is COC(=O)c1ccc(NCc2coc(-c3ccc(C)cc3)n2)nc1OC. The fourth-order valence-electron chi connectivity index (χ4n) is 2.36. The van der Waals surface area contributed by atoms with E-state index in [0.717, 1.165) is 11.3 Å². The average Bonchev–Trinajstić information content (AvgIpc) is 3.15. The van der Waals surface area contributed by atoms with E-state index in [1.807, 2.05) is 31.2 Å². The van der Waals surface area contributed by atoms with Gasteiger partial charge in [-0.25, -0.2) is 9.78 Å². The number of carbonyl (C=O) groups is 1. The third-order valence-electron chi connectivity index (χ3n) is 3.76. The van der Waals surface area contributed by atoms with Gasteiger partial charge in [0.1, 0.15) is 17.6 Å². The molecule has 0 bridgehead atoms. The Kier molecular flexibility index (Phi) is 5.17. The Morgan fingerprint density at radius 2 is 1.88 bits per heavy atom. The molecule has 0 fully saturated rings. The summed E-state index contributed by atoms with van der Waals surface area (Å²) >= 11 is 0. The lowest BCUT2D eigenvalue weighted by atomic mass is 10.1. The van der Waals surface area contributed by atoms with E-state index in [2.05, 4.69) is 15.3 Å². The van der Waals surface area contributed by atoms with Crippen LogP contribution in [0.25, 0.3) is 11.5 Å². The molecule has 1 N–H and O–H groups in total. The first-order chi connectivity index (χ1) is 12.6. The first-order valence-corrected chi connectivity index (χ1v) is 7.99. The number of aromatic nitrogens is 2. The number of pyridine rings is 1. The molecule has 134 valence electrons. The van der Waals surface area contributed by atoms with Crippen LogP contribution in [-0.2, 0) is 11.3 Å².